The molecule has 5 nitrogen and oxygen atoms in total. The van der Waals surface area contributed by atoms with Crippen LogP contribution in [0.4, 0.5) is 5.69 Å². The second kappa shape index (κ2) is 7.47. The molecule has 0 bridgehead atoms. The number of amides is 1. The fourth-order valence-corrected chi connectivity index (χ4v) is 3.50. The number of hydrazine groups is 1. The lowest BCUT2D eigenvalue weighted by molar-refractivity contribution is 0.0952. The number of carbonyl (C=O) groups is 1. The van der Waals surface area contributed by atoms with Crippen molar-refractivity contribution in [1.82, 2.24) is 15.2 Å². The summed E-state index contributed by atoms with van der Waals surface area (Å²) in [5, 5.41) is 8.36. The summed E-state index contributed by atoms with van der Waals surface area (Å²) in [7, 11) is 1.82. The van der Waals surface area contributed by atoms with Gasteiger partial charge in [0.05, 0.1) is 21.8 Å². The Morgan fingerprint density at radius 2 is 1.70 bits per heavy atom. The number of nitrogens with zero attached hydrogens (tertiary/aromatic N) is 3. The maximum absolute atomic E-state index is 13.0. The van der Waals surface area contributed by atoms with Crippen LogP contribution in [0.15, 0.2) is 84.4 Å². The SMILES string of the molecule is CN(NC(=O)c1cn(-c2ccccc2)nc1-c1cccs1)c1ccccc1. The number of thiophene rings is 1. The van der Waals surface area contributed by atoms with Crippen molar-refractivity contribution in [2.75, 3.05) is 12.1 Å². The van der Waals surface area contributed by atoms with Gasteiger partial charge in [0.2, 0.25) is 0 Å². The van der Waals surface area contributed by atoms with Gasteiger partial charge in [0.15, 0.2) is 0 Å². The minimum Gasteiger partial charge on any atom is -0.288 e. The Morgan fingerprint density at radius 1 is 1.00 bits per heavy atom. The van der Waals surface area contributed by atoms with Gasteiger partial charge in [0.25, 0.3) is 5.91 Å². The van der Waals surface area contributed by atoms with Gasteiger partial charge in [0, 0.05) is 13.2 Å². The Bertz CT molecular complexity index is 1030. The molecule has 2 aromatic carbocycles. The van der Waals surface area contributed by atoms with Crippen molar-refractivity contribution < 1.29 is 4.79 Å². The summed E-state index contributed by atoms with van der Waals surface area (Å²) in [4.78, 5) is 13.9. The van der Waals surface area contributed by atoms with Gasteiger partial charge < -0.3 is 0 Å². The summed E-state index contributed by atoms with van der Waals surface area (Å²) < 4.78 is 1.74. The van der Waals surface area contributed by atoms with Gasteiger partial charge in [0.1, 0.15) is 5.69 Å². The molecule has 2 heterocycles. The number of hydrogen-bond donors (Lipinski definition) is 1. The molecule has 6 heteroatoms. The van der Waals surface area contributed by atoms with E-state index >= 15 is 0 Å². The molecule has 2 aromatic heterocycles. The summed E-state index contributed by atoms with van der Waals surface area (Å²) in [6.07, 6.45) is 1.78. The summed E-state index contributed by atoms with van der Waals surface area (Å²) in [5.41, 5.74) is 5.94. The fraction of sp³-hybridized carbons (Fsp3) is 0.0476. The summed E-state index contributed by atoms with van der Waals surface area (Å²) in [6.45, 7) is 0. The molecule has 0 saturated heterocycles. The lowest BCUT2D eigenvalue weighted by Crippen LogP contribution is -2.39. The van der Waals surface area contributed by atoms with Gasteiger partial charge in [-0.1, -0.05) is 42.5 Å². The van der Waals surface area contributed by atoms with Gasteiger partial charge in [-0.25, -0.2) is 4.68 Å². The van der Waals surface area contributed by atoms with Gasteiger partial charge >= 0.3 is 0 Å². The van der Waals surface area contributed by atoms with Crippen LogP contribution < -0.4 is 10.4 Å². The number of rotatable bonds is 5. The van der Waals surface area contributed by atoms with Crippen LogP contribution in [0.25, 0.3) is 16.3 Å². The largest absolute Gasteiger partial charge is 0.288 e. The second-order valence-electron chi connectivity index (χ2n) is 5.98. The Kier molecular flexibility index (Phi) is 4.72. The Hall–Kier alpha value is -3.38. The van der Waals surface area contributed by atoms with Crippen LogP contribution in [0, 0.1) is 0 Å². The third kappa shape index (κ3) is 3.61. The van der Waals surface area contributed by atoms with Crippen LogP contribution in [0.3, 0.4) is 0 Å². The molecule has 0 aliphatic carbocycles. The third-order valence-electron chi connectivity index (χ3n) is 4.15. The predicted octanol–water partition coefficient (Wildman–Crippen LogP) is 4.38. The maximum atomic E-state index is 13.0. The number of nitrogens with one attached hydrogen (secondary N) is 1. The highest BCUT2D eigenvalue weighted by atomic mass is 32.1. The lowest BCUT2D eigenvalue weighted by Gasteiger charge is -2.20. The van der Waals surface area contributed by atoms with Crippen molar-refractivity contribution >= 4 is 22.9 Å². The van der Waals surface area contributed by atoms with E-state index in [0.29, 0.717) is 11.3 Å². The van der Waals surface area contributed by atoms with E-state index in [4.69, 9.17) is 0 Å². The van der Waals surface area contributed by atoms with Crippen molar-refractivity contribution in [3.63, 3.8) is 0 Å². The zero-order valence-electron chi connectivity index (χ0n) is 14.7. The molecule has 0 saturated carbocycles. The van der Waals surface area contributed by atoms with Crippen LogP contribution in [0.1, 0.15) is 10.4 Å². The molecule has 1 amide bonds. The number of carbonyl (C=O) groups excluding carboxylic acids is 1. The molecule has 0 aliphatic heterocycles. The zero-order chi connectivity index (χ0) is 18.6. The van der Waals surface area contributed by atoms with Crippen LogP contribution >= 0.6 is 11.3 Å². The molecular weight excluding hydrogens is 356 g/mol. The van der Waals surface area contributed by atoms with Crippen LogP contribution in [0.5, 0.6) is 0 Å². The molecule has 27 heavy (non-hydrogen) atoms. The normalized spacial score (nSPS) is 10.6. The molecule has 1 N–H and O–H groups in total. The summed E-state index contributed by atoms with van der Waals surface area (Å²) in [5.74, 6) is -0.202. The monoisotopic (exact) mass is 374 g/mol. The molecule has 4 aromatic rings. The first kappa shape index (κ1) is 17.1. The number of aromatic nitrogens is 2. The molecule has 0 spiro atoms. The quantitative estimate of drug-likeness (QED) is 0.527. The van der Waals surface area contributed by atoms with E-state index in [1.165, 1.54) is 0 Å². The molecule has 0 fully saturated rings. The average Bonchev–Trinajstić information content (AvgIpc) is 3.39. The van der Waals surface area contributed by atoms with Crippen molar-refractivity contribution in [3.05, 3.63) is 89.9 Å². The molecule has 0 aliphatic rings. The molecule has 0 unspecified atom stereocenters. The molecule has 134 valence electrons. The molecular formula is C21H18N4OS. The van der Waals surface area contributed by atoms with E-state index in [9.17, 15) is 4.79 Å². The van der Waals surface area contributed by atoms with E-state index in [1.807, 2.05) is 85.2 Å². The van der Waals surface area contributed by atoms with Crippen LogP contribution in [-0.2, 0) is 0 Å². The van der Waals surface area contributed by atoms with Crippen LogP contribution in [-0.4, -0.2) is 22.7 Å². The molecule has 0 radical (unpaired) electrons. The summed E-state index contributed by atoms with van der Waals surface area (Å²) in [6, 6.07) is 23.4. The maximum Gasteiger partial charge on any atom is 0.273 e. The number of hydrogen-bond acceptors (Lipinski definition) is 4. The van der Waals surface area contributed by atoms with E-state index < -0.39 is 0 Å². The Labute approximate surface area is 161 Å². The van der Waals surface area contributed by atoms with Gasteiger partial charge in [-0.3, -0.25) is 15.2 Å². The van der Waals surface area contributed by atoms with Crippen molar-refractivity contribution in [2.45, 2.75) is 0 Å². The second-order valence-corrected chi connectivity index (χ2v) is 6.93. The van der Waals surface area contributed by atoms with E-state index in [-0.39, 0.29) is 5.91 Å². The number of benzene rings is 2. The fourth-order valence-electron chi connectivity index (χ4n) is 2.78. The minimum absolute atomic E-state index is 0.202. The van der Waals surface area contributed by atoms with Crippen molar-refractivity contribution in [2.24, 2.45) is 0 Å². The number of anilines is 1. The topological polar surface area (TPSA) is 50.2 Å². The third-order valence-corrected chi connectivity index (χ3v) is 5.02. The van der Waals surface area contributed by atoms with E-state index in [1.54, 1.807) is 27.2 Å². The Balaban J connectivity index is 1.68. The first-order valence-electron chi connectivity index (χ1n) is 8.51. The highest BCUT2D eigenvalue weighted by Gasteiger charge is 2.20. The van der Waals surface area contributed by atoms with Gasteiger partial charge in [-0.15, -0.1) is 11.3 Å². The Morgan fingerprint density at radius 3 is 2.37 bits per heavy atom. The molecule has 0 atom stereocenters. The van der Waals surface area contributed by atoms with Crippen molar-refractivity contribution in [1.29, 1.82) is 0 Å². The van der Waals surface area contributed by atoms with E-state index in [2.05, 4.69) is 10.5 Å². The predicted molar refractivity (Wildman–Crippen MR) is 109 cm³/mol. The minimum atomic E-state index is -0.202. The smallest absolute Gasteiger partial charge is 0.273 e. The van der Waals surface area contributed by atoms with Crippen molar-refractivity contribution in [3.8, 4) is 16.3 Å². The highest BCUT2D eigenvalue weighted by molar-refractivity contribution is 7.13. The highest BCUT2D eigenvalue weighted by Crippen LogP contribution is 2.28. The summed E-state index contributed by atoms with van der Waals surface area (Å²) >= 11 is 1.56. The zero-order valence-corrected chi connectivity index (χ0v) is 15.6. The first-order valence-corrected chi connectivity index (χ1v) is 9.39. The molecule has 4 rings (SSSR count). The number of para-hydroxylation sites is 2. The van der Waals surface area contributed by atoms with Gasteiger partial charge in [-0.05, 0) is 35.7 Å². The first-order chi connectivity index (χ1) is 13.2. The van der Waals surface area contributed by atoms with Crippen LogP contribution in [0.2, 0.25) is 0 Å². The average molecular weight is 374 g/mol. The van der Waals surface area contributed by atoms with Gasteiger partial charge in [-0.2, -0.15) is 5.10 Å². The van der Waals surface area contributed by atoms with E-state index in [0.717, 1.165) is 16.3 Å². The standard InChI is InChI=1S/C21H18N4OS/c1-24(16-9-4-2-5-10-16)23-21(26)18-15-25(17-11-6-3-7-12-17)22-20(18)19-13-8-14-27-19/h2-15H,1H3,(H,23,26). The lowest BCUT2D eigenvalue weighted by atomic mass is 10.2.